The fourth-order valence-corrected chi connectivity index (χ4v) is 2.38. The number of benzene rings is 1. The summed E-state index contributed by atoms with van der Waals surface area (Å²) in [6, 6.07) is 14.7. The number of anilines is 2. The predicted octanol–water partition coefficient (Wildman–Crippen LogP) is 4.30. The van der Waals surface area contributed by atoms with Crippen molar-refractivity contribution in [3.63, 3.8) is 0 Å². The first kappa shape index (κ1) is 15.8. The van der Waals surface area contributed by atoms with E-state index in [9.17, 15) is 5.11 Å². The van der Waals surface area contributed by atoms with Gasteiger partial charge >= 0.3 is 0 Å². The van der Waals surface area contributed by atoms with Crippen molar-refractivity contribution in [1.82, 2.24) is 9.97 Å². The van der Waals surface area contributed by atoms with Crippen LogP contribution >= 0.6 is 0 Å². The number of aromatic hydroxyl groups is 1. The zero-order chi connectivity index (χ0) is 16.9. The lowest BCUT2D eigenvalue weighted by Gasteiger charge is -2.13. The number of pyridine rings is 2. The second-order valence-corrected chi connectivity index (χ2v) is 5.34. The molecular weight excluding hydrogens is 302 g/mol. The van der Waals surface area contributed by atoms with E-state index in [0.29, 0.717) is 24.0 Å². The summed E-state index contributed by atoms with van der Waals surface area (Å²) in [7, 11) is 0. The molecule has 0 amide bonds. The summed E-state index contributed by atoms with van der Waals surface area (Å²) < 4.78 is 5.72. The summed E-state index contributed by atoms with van der Waals surface area (Å²) in [6.07, 6.45) is 1.75. The van der Waals surface area contributed by atoms with Crippen molar-refractivity contribution in [1.29, 1.82) is 0 Å². The molecule has 24 heavy (non-hydrogen) atoms. The highest BCUT2D eigenvalue weighted by molar-refractivity contribution is 5.70. The molecule has 2 heterocycles. The van der Waals surface area contributed by atoms with E-state index in [1.165, 1.54) is 0 Å². The Morgan fingerprint density at radius 1 is 1.08 bits per heavy atom. The van der Waals surface area contributed by atoms with Gasteiger partial charge < -0.3 is 15.2 Å². The number of aryl methyl sites for hydroxylation is 1. The van der Waals surface area contributed by atoms with Gasteiger partial charge in [-0.3, -0.25) is 0 Å². The van der Waals surface area contributed by atoms with E-state index in [1.54, 1.807) is 24.4 Å². The van der Waals surface area contributed by atoms with Crippen LogP contribution in [0.1, 0.15) is 12.6 Å². The third kappa shape index (κ3) is 3.63. The lowest BCUT2D eigenvalue weighted by Crippen LogP contribution is -2.02. The molecule has 5 nitrogen and oxygen atoms in total. The van der Waals surface area contributed by atoms with Crippen LogP contribution in [0, 0.1) is 6.92 Å². The van der Waals surface area contributed by atoms with Crippen LogP contribution in [0.15, 0.2) is 54.7 Å². The highest BCUT2D eigenvalue weighted by Gasteiger charge is 2.10. The highest BCUT2D eigenvalue weighted by atomic mass is 16.5. The normalized spacial score (nSPS) is 10.4. The molecule has 0 bridgehead atoms. The zero-order valence-electron chi connectivity index (χ0n) is 13.7. The van der Waals surface area contributed by atoms with E-state index in [1.807, 2.05) is 44.2 Å². The Kier molecular flexibility index (Phi) is 4.61. The number of hydrogen-bond acceptors (Lipinski definition) is 5. The summed E-state index contributed by atoms with van der Waals surface area (Å²) in [5.41, 5.74) is 2.68. The standard InChI is InChI=1S/C19H19N3O2/c1-3-24-17-11-15(14-7-5-8-16(23)10-14)12-20-19(17)22-18-9-4-6-13(2)21-18/h4-12,23H,3H2,1-2H3,(H,20,21,22). The zero-order valence-corrected chi connectivity index (χ0v) is 13.7. The lowest BCUT2D eigenvalue weighted by molar-refractivity contribution is 0.341. The predicted molar refractivity (Wildman–Crippen MR) is 94.8 cm³/mol. The first-order valence-corrected chi connectivity index (χ1v) is 7.78. The second kappa shape index (κ2) is 7.00. The van der Waals surface area contributed by atoms with Gasteiger partial charge in [0.25, 0.3) is 0 Å². The van der Waals surface area contributed by atoms with Gasteiger partial charge in [0.05, 0.1) is 6.61 Å². The molecule has 0 radical (unpaired) electrons. The molecule has 0 fully saturated rings. The molecule has 0 spiro atoms. The largest absolute Gasteiger partial charge is 0.508 e. The van der Waals surface area contributed by atoms with E-state index in [4.69, 9.17) is 4.74 Å². The number of hydrogen-bond donors (Lipinski definition) is 2. The Balaban J connectivity index is 1.95. The number of ether oxygens (including phenoxy) is 1. The van der Waals surface area contributed by atoms with E-state index < -0.39 is 0 Å². The number of rotatable bonds is 5. The van der Waals surface area contributed by atoms with Crippen LogP contribution in [-0.4, -0.2) is 21.7 Å². The van der Waals surface area contributed by atoms with E-state index in [-0.39, 0.29) is 5.75 Å². The first-order valence-electron chi connectivity index (χ1n) is 7.78. The maximum absolute atomic E-state index is 9.65. The summed E-state index contributed by atoms with van der Waals surface area (Å²) >= 11 is 0. The summed E-state index contributed by atoms with van der Waals surface area (Å²) in [6.45, 7) is 4.39. The van der Waals surface area contributed by atoms with Gasteiger partial charge in [0, 0.05) is 17.5 Å². The molecule has 0 unspecified atom stereocenters. The minimum atomic E-state index is 0.219. The van der Waals surface area contributed by atoms with Crippen LogP contribution in [0.4, 0.5) is 11.6 Å². The number of phenolic OH excluding ortho intramolecular Hbond substituents is 1. The van der Waals surface area contributed by atoms with Gasteiger partial charge in [0.2, 0.25) is 0 Å². The quantitative estimate of drug-likeness (QED) is 0.733. The van der Waals surface area contributed by atoms with Crippen molar-refractivity contribution < 1.29 is 9.84 Å². The molecular formula is C19H19N3O2. The number of nitrogens with one attached hydrogen (secondary N) is 1. The van der Waals surface area contributed by atoms with E-state index in [2.05, 4.69) is 15.3 Å². The monoisotopic (exact) mass is 321 g/mol. The molecule has 5 heteroatoms. The average molecular weight is 321 g/mol. The Bertz CT molecular complexity index is 850. The van der Waals surface area contributed by atoms with Crippen LogP contribution in [0.3, 0.4) is 0 Å². The van der Waals surface area contributed by atoms with Gasteiger partial charge in [-0.25, -0.2) is 9.97 Å². The number of nitrogens with zero attached hydrogens (tertiary/aromatic N) is 2. The Morgan fingerprint density at radius 3 is 2.67 bits per heavy atom. The first-order chi connectivity index (χ1) is 11.7. The Labute approximate surface area is 141 Å². The number of aromatic nitrogens is 2. The fourth-order valence-electron chi connectivity index (χ4n) is 2.38. The molecule has 0 aliphatic heterocycles. The van der Waals surface area contributed by atoms with Crippen molar-refractivity contribution in [2.45, 2.75) is 13.8 Å². The second-order valence-electron chi connectivity index (χ2n) is 5.34. The molecule has 2 N–H and O–H groups in total. The van der Waals surface area contributed by atoms with E-state index >= 15 is 0 Å². The van der Waals surface area contributed by atoms with E-state index in [0.717, 1.165) is 16.8 Å². The Hall–Kier alpha value is -3.08. The molecule has 2 aromatic heterocycles. The SMILES string of the molecule is CCOc1cc(-c2cccc(O)c2)cnc1Nc1cccc(C)n1. The average Bonchev–Trinajstić information content (AvgIpc) is 2.57. The molecule has 1 aromatic carbocycles. The lowest BCUT2D eigenvalue weighted by atomic mass is 10.1. The van der Waals surface area contributed by atoms with Crippen LogP contribution in [0.2, 0.25) is 0 Å². The van der Waals surface area contributed by atoms with Crippen molar-refractivity contribution in [3.8, 4) is 22.6 Å². The molecule has 0 aliphatic carbocycles. The highest BCUT2D eigenvalue weighted by Crippen LogP contribution is 2.31. The summed E-state index contributed by atoms with van der Waals surface area (Å²) in [5.74, 6) is 2.19. The van der Waals surface area contributed by atoms with Gasteiger partial charge in [-0.1, -0.05) is 18.2 Å². The summed E-state index contributed by atoms with van der Waals surface area (Å²) in [5, 5.41) is 12.8. The van der Waals surface area contributed by atoms with Gasteiger partial charge in [-0.2, -0.15) is 0 Å². The third-order valence-corrected chi connectivity index (χ3v) is 3.47. The molecule has 0 atom stereocenters. The maximum Gasteiger partial charge on any atom is 0.174 e. The minimum Gasteiger partial charge on any atom is -0.508 e. The maximum atomic E-state index is 9.65. The molecule has 0 aliphatic rings. The van der Waals surface area contributed by atoms with Crippen LogP contribution < -0.4 is 10.1 Å². The molecule has 122 valence electrons. The van der Waals surface area contributed by atoms with Crippen LogP contribution in [-0.2, 0) is 0 Å². The van der Waals surface area contributed by atoms with Gasteiger partial charge in [-0.15, -0.1) is 0 Å². The van der Waals surface area contributed by atoms with Crippen LogP contribution in [0.25, 0.3) is 11.1 Å². The molecule has 3 rings (SSSR count). The summed E-state index contributed by atoms with van der Waals surface area (Å²) in [4.78, 5) is 8.89. The van der Waals surface area contributed by atoms with Crippen molar-refractivity contribution in [2.24, 2.45) is 0 Å². The van der Waals surface area contributed by atoms with Crippen molar-refractivity contribution in [2.75, 3.05) is 11.9 Å². The third-order valence-electron chi connectivity index (χ3n) is 3.47. The van der Waals surface area contributed by atoms with Gasteiger partial charge in [0.15, 0.2) is 11.6 Å². The molecule has 0 saturated carbocycles. The topological polar surface area (TPSA) is 67.3 Å². The van der Waals surface area contributed by atoms with Gasteiger partial charge in [-0.05, 0) is 49.7 Å². The van der Waals surface area contributed by atoms with Crippen molar-refractivity contribution >= 4 is 11.6 Å². The van der Waals surface area contributed by atoms with Crippen molar-refractivity contribution in [3.05, 3.63) is 60.4 Å². The molecule has 3 aromatic rings. The van der Waals surface area contributed by atoms with Crippen LogP contribution in [0.5, 0.6) is 11.5 Å². The minimum absolute atomic E-state index is 0.219. The molecule has 0 saturated heterocycles. The number of phenols is 1. The fraction of sp³-hybridized carbons (Fsp3) is 0.158. The smallest absolute Gasteiger partial charge is 0.174 e. The Morgan fingerprint density at radius 2 is 1.92 bits per heavy atom. The van der Waals surface area contributed by atoms with Gasteiger partial charge in [0.1, 0.15) is 11.6 Å².